The fourth-order valence-corrected chi connectivity index (χ4v) is 3.46. The molecule has 0 aliphatic carbocycles. The second-order valence-corrected chi connectivity index (χ2v) is 7.01. The second kappa shape index (κ2) is 8.75. The molecule has 7 heteroatoms. The highest BCUT2D eigenvalue weighted by Gasteiger charge is 2.34. The zero-order valence-corrected chi connectivity index (χ0v) is 16.3. The molecule has 0 N–H and O–H groups in total. The first-order valence-electron chi connectivity index (χ1n) is 8.73. The Labute approximate surface area is 167 Å². The summed E-state index contributed by atoms with van der Waals surface area (Å²) in [5.74, 6) is 0.296. The van der Waals surface area contributed by atoms with E-state index in [1.54, 1.807) is 61.7 Å². The van der Waals surface area contributed by atoms with Crippen LogP contribution in [0.25, 0.3) is 6.08 Å². The Hall–Kier alpha value is -3.06. The Morgan fingerprint density at radius 1 is 1.04 bits per heavy atom. The summed E-state index contributed by atoms with van der Waals surface area (Å²) < 4.78 is 10.4. The molecule has 0 saturated carbocycles. The Balaban J connectivity index is 1.67. The summed E-state index contributed by atoms with van der Waals surface area (Å²) in [5.41, 5.74) is 1.15. The maximum absolute atomic E-state index is 12.3. The fraction of sp³-hybridized carbons (Fsp3) is 0.190. The van der Waals surface area contributed by atoms with E-state index in [0.29, 0.717) is 28.5 Å². The number of imide groups is 1. The Morgan fingerprint density at radius 3 is 2.29 bits per heavy atom. The molecule has 1 fully saturated rings. The molecule has 0 aromatic heterocycles. The summed E-state index contributed by atoms with van der Waals surface area (Å²) in [5, 5.41) is -0.247. The maximum Gasteiger partial charge on any atom is 0.343 e. The Bertz CT molecular complexity index is 919. The van der Waals surface area contributed by atoms with Crippen molar-refractivity contribution in [2.75, 3.05) is 13.7 Å². The van der Waals surface area contributed by atoms with Crippen LogP contribution in [0.5, 0.6) is 11.5 Å². The highest BCUT2D eigenvalue weighted by Crippen LogP contribution is 2.32. The molecule has 2 aromatic rings. The number of thioether (sulfide) groups is 1. The van der Waals surface area contributed by atoms with Gasteiger partial charge in [-0.25, -0.2) is 4.79 Å². The van der Waals surface area contributed by atoms with E-state index in [1.165, 1.54) is 4.90 Å². The van der Waals surface area contributed by atoms with Crippen molar-refractivity contribution in [1.82, 2.24) is 4.90 Å². The molecule has 0 radical (unpaired) electrons. The molecule has 3 rings (SSSR count). The first kappa shape index (κ1) is 19.7. The monoisotopic (exact) mass is 397 g/mol. The van der Waals surface area contributed by atoms with Crippen LogP contribution in [0, 0.1) is 0 Å². The van der Waals surface area contributed by atoms with Gasteiger partial charge >= 0.3 is 5.97 Å². The van der Waals surface area contributed by atoms with E-state index in [0.717, 1.165) is 23.7 Å². The average molecular weight is 397 g/mol. The van der Waals surface area contributed by atoms with Gasteiger partial charge in [-0.15, -0.1) is 0 Å². The van der Waals surface area contributed by atoms with Gasteiger partial charge in [-0.2, -0.15) is 0 Å². The number of carbonyl (C=O) groups excluding carboxylic acids is 3. The van der Waals surface area contributed by atoms with Crippen molar-refractivity contribution < 1.29 is 23.9 Å². The molecule has 0 atom stereocenters. The maximum atomic E-state index is 12.3. The number of hydrogen-bond acceptors (Lipinski definition) is 6. The molecule has 1 aliphatic rings. The smallest absolute Gasteiger partial charge is 0.343 e. The number of nitrogens with zero attached hydrogens (tertiary/aromatic N) is 1. The van der Waals surface area contributed by atoms with Crippen LogP contribution in [0.4, 0.5) is 4.79 Å². The van der Waals surface area contributed by atoms with Gasteiger partial charge in [0.25, 0.3) is 11.1 Å². The molecular formula is C21H19NO5S. The molecule has 0 spiro atoms. The second-order valence-electron chi connectivity index (χ2n) is 6.02. The van der Waals surface area contributed by atoms with Gasteiger partial charge in [-0.3, -0.25) is 14.5 Å². The Morgan fingerprint density at radius 2 is 1.68 bits per heavy atom. The number of hydrogen-bond donors (Lipinski definition) is 0. The number of amides is 2. The minimum atomic E-state index is -0.476. The molecule has 1 saturated heterocycles. The SMILES string of the molecule is CCCN1C(=O)S/C(=C/c2ccc(OC(=O)c3ccc(OC)cc3)cc2)C1=O. The van der Waals surface area contributed by atoms with Crippen LogP contribution in [0.3, 0.4) is 0 Å². The lowest BCUT2D eigenvalue weighted by Crippen LogP contribution is -2.28. The predicted octanol–water partition coefficient (Wildman–Crippen LogP) is 4.36. The molecule has 1 heterocycles. The van der Waals surface area contributed by atoms with Crippen LogP contribution in [0.2, 0.25) is 0 Å². The normalized spacial score (nSPS) is 15.2. The number of carbonyl (C=O) groups is 3. The van der Waals surface area contributed by atoms with E-state index in [1.807, 2.05) is 6.92 Å². The van der Waals surface area contributed by atoms with Crippen LogP contribution in [0.15, 0.2) is 53.4 Å². The standard InChI is InChI=1S/C21H19NO5S/c1-3-12-22-19(23)18(28-21(22)25)13-14-4-8-17(9-5-14)27-20(24)15-6-10-16(26-2)11-7-15/h4-11,13H,3,12H2,1-2H3/b18-13+. The Kier molecular flexibility index (Phi) is 6.16. The van der Waals surface area contributed by atoms with Gasteiger partial charge < -0.3 is 9.47 Å². The number of ether oxygens (including phenoxy) is 2. The van der Waals surface area contributed by atoms with E-state index < -0.39 is 5.97 Å². The van der Waals surface area contributed by atoms with Gasteiger partial charge in [0.05, 0.1) is 17.6 Å². The van der Waals surface area contributed by atoms with Gasteiger partial charge in [0.1, 0.15) is 11.5 Å². The highest BCUT2D eigenvalue weighted by molar-refractivity contribution is 8.18. The largest absolute Gasteiger partial charge is 0.497 e. The van der Waals surface area contributed by atoms with Crippen molar-refractivity contribution >= 4 is 35.0 Å². The van der Waals surface area contributed by atoms with Crippen molar-refractivity contribution in [3.63, 3.8) is 0 Å². The molecule has 144 valence electrons. The van der Waals surface area contributed by atoms with Crippen molar-refractivity contribution in [2.45, 2.75) is 13.3 Å². The zero-order chi connectivity index (χ0) is 20.1. The molecule has 0 bridgehead atoms. The van der Waals surface area contributed by atoms with Gasteiger partial charge in [-0.05, 0) is 66.2 Å². The molecule has 2 amide bonds. The summed E-state index contributed by atoms with van der Waals surface area (Å²) in [7, 11) is 1.55. The molecular weight excluding hydrogens is 378 g/mol. The summed E-state index contributed by atoms with van der Waals surface area (Å²) >= 11 is 0.935. The van der Waals surface area contributed by atoms with E-state index in [-0.39, 0.29) is 11.1 Å². The van der Waals surface area contributed by atoms with Crippen LogP contribution in [-0.4, -0.2) is 35.7 Å². The van der Waals surface area contributed by atoms with Crippen LogP contribution in [-0.2, 0) is 4.79 Å². The van der Waals surface area contributed by atoms with Crippen LogP contribution < -0.4 is 9.47 Å². The highest BCUT2D eigenvalue weighted by atomic mass is 32.2. The average Bonchev–Trinajstić information content (AvgIpc) is 2.97. The van der Waals surface area contributed by atoms with Crippen molar-refractivity contribution in [1.29, 1.82) is 0 Å². The third-order valence-corrected chi connectivity index (χ3v) is 4.94. The van der Waals surface area contributed by atoms with Gasteiger partial charge in [0, 0.05) is 6.54 Å². The van der Waals surface area contributed by atoms with E-state index in [2.05, 4.69) is 0 Å². The molecule has 28 heavy (non-hydrogen) atoms. The minimum absolute atomic E-state index is 0.247. The number of benzene rings is 2. The van der Waals surface area contributed by atoms with Crippen molar-refractivity contribution in [3.05, 3.63) is 64.6 Å². The fourth-order valence-electron chi connectivity index (χ4n) is 2.59. The van der Waals surface area contributed by atoms with Crippen LogP contribution >= 0.6 is 11.8 Å². The molecule has 6 nitrogen and oxygen atoms in total. The lowest BCUT2D eigenvalue weighted by atomic mass is 10.2. The summed E-state index contributed by atoms with van der Waals surface area (Å²) in [6, 6.07) is 13.4. The summed E-state index contributed by atoms with van der Waals surface area (Å²) in [6.07, 6.45) is 2.38. The molecule has 1 aliphatic heterocycles. The lowest BCUT2D eigenvalue weighted by Gasteiger charge is -2.09. The van der Waals surface area contributed by atoms with Crippen LogP contribution in [0.1, 0.15) is 29.3 Å². The minimum Gasteiger partial charge on any atom is -0.497 e. The van der Waals surface area contributed by atoms with Gasteiger partial charge in [0.2, 0.25) is 0 Å². The molecule has 0 unspecified atom stereocenters. The topological polar surface area (TPSA) is 72.9 Å². The number of methoxy groups -OCH3 is 1. The number of esters is 1. The third kappa shape index (κ3) is 4.43. The first-order valence-corrected chi connectivity index (χ1v) is 9.55. The first-order chi connectivity index (χ1) is 13.5. The van der Waals surface area contributed by atoms with E-state index in [4.69, 9.17) is 9.47 Å². The van der Waals surface area contributed by atoms with Crippen molar-refractivity contribution in [2.24, 2.45) is 0 Å². The summed E-state index contributed by atoms with van der Waals surface area (Å²) in [4.78, 5) is 38.0. The van der Waals surface area contributed by atoms with Gasteiger partial charge in [-0.1, -0.05) is 19.1 Å². The molecule has 2 aromatic carbocycles. The lowest BCUT2D eigenvalue weighted by molar-refractivity contribution is -0.122. The quantitative estimate of drug-likeness (QED) is 0.410. The number of rotatable bonds is 6. The van der Waals surface area contributed by atoms with E-state index >= 15 is 0 Å². The third-order valence-electron chi connectivity index (χ3n) is 4.03. The van der Waals surface area contributed by atoms with Crippen molar-refractivity contribution in [3.8, 4) is 11.5 Å². The predicted molar refractivity (Wildman–Crippen MR) is 107 cm³/mol. The summed E-state index contributed by atoms with van der Waals surface area (Å²) in [6.45, 7) is 2.33. The van der Waals surface area contributed by atoms with Gasteiger partial charge in [0.15, 0.2) is 0 Å². The van der Waals surface area contributed by atoms with E-state index in [9.17, 15) is 14.4 Å². The zero-order valence-electron chi connectivity index (χ0n) is 15.5.